The van der Waals surface area contributed by atoms with Gasteiger partial charge < -0.3 is 4.74 Å². The van der Waals surface area contributed by atoms with Gasteiger partial charge in [0.05, 0.1) is 5.56 Å². The summed E-state index contributed by atoms with van der Waals surface area (Å²) in [6.45, 7) is 1.91. The Morgan fingerprint density at radius 1 is 1.12 bits per heavy atom. The largest absolute Gasteiger partial charge is 0.423 e. The van der Waals surface area contributed by atoms with E-state index in [1.54, 1.807) is 12.1 Å². The van der Waals surface area contributed by atoms with Crippen molar-refractivity contribution in [3.63, 3.8) is 0 Å². The SMILES string of the molecule is Cc1cccc(OC(=O)c2ccc(F)cc2)c1. The maximum absolute atomic E-state index is 12.7. The van der Waals surface area contributed by atoms with E-state index in [0.29, 0.717) is 11.3 Å². The van der Waals surface area contributed by atoms with E-state index in [0.717, 1.165) is 5.56 Å². The third kappa shape index (κ3) is 2.91. The Balaban J connectivity index is 2.14. The molecule has 0 spiro atoms. The molecule has 0 heterocycles. The summed E-state index contributed by atoms with van der Waals surface area (Å²) in [4.78, 5) is 11.7. The number of rotatable bonds is 2. The summed E-state index contributed by atoms with van der Waals surface area (Å²) in [6.07, 6.45) is 0. The fourth-order valence-corrected chi connectivity index (χ4v) is 1.43. The summed E-state index contributed by atoms with van der Waals surface area (Å²) >= 11 is 0. The highest BCUT2D eigenvalue weighted by molar-refractivity contribution is 5.90. The van der Waals surface area contributed by atoms with Gasteiger partial charge in [-0.05, 0) is 48.9 Å². The van der Waals surface area contributed by atoms with E-state index < -0.39 is 5.97 Å². The Bertz CT molecular complexity index is 532. The van der Waals surface area contributed by atoms with Crippen LogP contribution in [-0.4, -0.2) is 5.97 Å². The predicted molar refractivity (Wildman–Crippen MR) is 62.5 cm³/mol. The van der Waals surface area contributed by atoms with Crippen molar-refractivity contribution in [1.29, 1.82) is 0 Å². The summed E-state index contributed by atoms with van der Waals surface area (Å²) in [6, 6.07) is 12.4. The first-order valence-corrected chi connectivity index (χ1v) is 5.19. The van der Waals surface area contributed by atoms with Gasteiger partial charge in [-0.1, -0.05) is 12.1 Å². The normalized spacial score (nSPS) is 10.0. The van der Waals surface area contributed by atoms with Crippen LogP contribution in [0.3, 0.4) is 0 Å². The second-order valence-corrected chi connectivity index (χ2v) is 3.71. The lowest BCUT2D eigenvalue weighted by molar-refractivity contribution is 0.0734. The first kappa shape index (κ1) is 11.3. The zero-order valence-corrected chi connectivity index (χ0v) is 9.31. The average Bonchev–Trinajstić information content (AvgIpc) is 2.29. The summed E-state index contributed by atoms with van der Waals surface area (Å²) in [5, 5.41) is 0. The van der Waals surface area contributed by atoms with E-state index >= 15 is 0 Å². The molecule has 2 aromatic carbocycles. The topological polar surface area (TPSA) is 26.3 Å². The number of hydrogen-bond acceptors (Lipinski definition) is 2. The van der Waals surface area contributed by atoms with Crippen molar-refractivity contribution >= 4 is 5.97 Å². The Labute approximate surface area is 98.7 Å². The van der Waals surface area contributed by atoms with Crippen molar-refractivity contribution in [2.75, 3.05) is 0 Å². The lowest BCUT2D eigenvalue weighted by Crippen LogP contribution is -2.08. The number of aryl methyl sites for hydroxylation is 1. The minimum Gasteiger partial charge on any atom is -0.423 e. The molecule has 17 heavy (non-hydrogen) atoms. The molecule has 0 unspecified atom stereocenters. The van der Waals surface area contributed by atoms with Gasteiger partial charge in [0.1, 0.15) is 11.6 Å². The zero-order chi connectivity index (χ0) is 12.3. The second-order valence-electron chi connectivity index (χ2n) is 3.71. The second kappa shape index (κ2) is 4.78. The standard InChI is InChI=1S/C14H11FO2/c1-10-3-2-4-13(9-10)17-14(16)11-5-7-12(15)8-6-11/h2-9H,1H3. The molecule has 3 heteroatoms. The molecule has 0 amide bonds. The van der Waals surface area contributed by atoms with Crippen LogP contribution in [0.2, 0.25) is 0 Å². The lowest BCUT2D eigenvalue weighted by atomic mass is 10.2. The Morgan fingerprint density at radius 3 is 2.47 bits per heavy atom. The molecule has 0 aliphatic heterocycles. The van der Waals surface area contributed by atoms with Crippen LogP contribution in [0.5, 0.6) is 5.75 Å². The van der Waals surface area contributed by atoms with Crippen LogP contribution in [0.4, 0.5) is 4.39 Å². The van der Waals surface area contributed by atoms with Gasteiger partial charge >= 0.3 is 5.97 Å². The van der Waals surface area contributed by atoms with Crippen molar-refractivity contribution in [1.82, 2.24) is 0 Å². The average molecular weight is 230 g/mol. The number of hydrogen-bond donors (Lipinski definition) is 0. The van der Waals surface area contributed by atoms with Gasteiger partial charge in [-0.25, -0.2) is 9.18 Å². The van der Waals surface area contributed by atoms with E-state index in [2.05, 4.69) is 0 Å². The fraction of sp³-hybridized carbons (Fsp3) is 0.0714. The quantitative estimate of drug-likeness (QED) is 0.584. The van der Waals surface area contributed by atoms with Crippen molar-refractivity contribution in [2.45, 2.75) is 6.92 Å². The van der Waals surface area contributed by atoms with Gasteiger partial charge in [0.25, 0.3) is 0 Å². The zero-order valence-electron chi connectivity index (χ0n) is 9.31. The molecule has 2 rings (SSSR count). The highest BCUT2D eigenvalue weighted by atomic mass is 19.1. The van der Waals surface area contributed by atoms with Gasteiger partial charge in [0, 0.05) is 0 Å². The first-order chi connectivity index (χ1) is 8.15. The molecule has 0 aromatic heterocycles. The Hall–Kier alpha value is -2.16. The molecule has 0 fully saturated rings. The summed E-state index contributed by atoms with van der Waals surface area (Å²) in [7, 11) is 0. The molecule has 0 saturated carbocycles. The Morgan fingerprint density at radius 2 is 1.82 bits per heavy atom. The first-order valence-electron chi connectivity index (χ1n) is 5.19. The highest BCUT2D eigenvalue weighted by Gasteiger charge is 2.08. The molecule has 86 valence electrons. The molecule has 2 nitrogen and oxygen atoms in total. The summed E-state index contributed by atoms with van der Waals surface area (Å²) in [5.74, 6) is -0.382. The van der Waals surface area contributed by atoms with Gasteiger partial charge in [-0.2, -0.15) is 0 Å². The molecule has 2 aromatic rings. The molecule has 0 atom stereocenters. The Kier molecular flexibility index (Phi) is 3.19. The monoisotopic (exact) mass is 230 g/mol. The minimum atomic E-state index is -0.490. The predicted octanol–water partition coefficient (Wildman–Crippen LogP) is 3.35. The molecule has 0 radical (unpaired) electrons. The molecule has 0 bridgehead atoms. The molecule has 0 aliphatic rings. The van der Waals surface area contributed by atoms with Crippen molar-refractivity contribution in [3.8, 4) is 5.75 Å². The van der Waals surface area contributed by atoms with E-state index in [1.807, 2.05) is 19.1 Å². The van der Waals surface area contributed by atoms with E-state index in [4.69, 9.17) is 4.74 Å². The molecule has 0 N–H and O–H groups in total. The molecular weight excluding hydrogens is 219 g/mol. The maximum atomic E-state index is 12.7. The van der Waals surface area contributed by atoms with Crippen LogP contribution in [0.1, 0.15) is 15.9 Å². The van der Waals surface area contributed by atoms with Crippen LogP contribution < -0.4 is 4.74 Å². The van der Waals surface area contributed by atoms with Gasteiger partial charge in [-0.15, -0.1) is 0 Å². The van der Waals surface area contributed by atoms with Crippen LogP contribution in [0.25, 0.3) is 0 Å². The number of ether oxygens (including phenoxy) is 1. The lowest BCUT2D eigenvalue weighted by Gasteiger charge is -2.04. The van der Waals surface area contributed by atoms with Crippen molar-refractivity contribution in [3.05, 3.63) is 65.5 Å². The fourth-order valence-electron chi connectivity index (χ4n) is 1.43. The molecule has 0 aliphatic carbocycles. The maximum Gasteiger partial charge on any atom is 0.343 e. The number of esters is 1. The third-order valence-corrected chi connectivity index (χ3v) is 2.28. The number of halogens is 1. The van der Waals surface area contributed by atoms with Gasteiger partial charge in [0.15, 0.2) is 0 Å². The van der Waals surface area contributed by atoms with Crippen molar-refractivity contribution < 1.29 is 13.9 Å². The van der Waals surface area contributed by atoms with Gasteiger partial charge in [-0.3, -0.25) is 0 Å². The smallest absolute Gasteiger partial charge is 0.343 e. The number of carbonyl (C=O) groups excluding carboxylic acids is 1. The van der Waals surface area contributed by atoms with E-state index in [9.17, 15) is 9.18 Å². The van der Waals surface area contributed by atoms with Gasteiger partial charge in [0.2, 0.25) is 0 Å². The summed E-state index contributed by atoms with van der Waals surface area (Å²) < 4.78 is 17.8. The van der Waals surface area contributed by atoms with Crippen LogP contribution in [-0.2, 0) is 0 Å². The molecular formula is C14H11FO2. The highest BCUT2D eigenvalue weighted by Crippen LogP contribution is 2.14. The van der Waals surface area contributed by atoms with E-state index in [-0.39, 0.29) is 5.82 Å². The van der Waals surface area contributed by atoms with Crippen LogP contribution in [0, 0.1) is 12.7 Å². The molecule has 0 saturated heterocycles. The van der Waals surface area contributed by atoms with Crippen LogP contribution >= 0.6 is 0 Å². The van der Waals surface area contributed by atoms with Crippen molar-refractivity contribution in [2.24, 2.45) is 0 Å². The number of carbonyl (C=O) groups is 1. The third-order valence-electron chi connectivity index (χ3n) is 2.28. The van der Waals surface area contributed by atoms with Crippen LogP contribution in [0.15, 0.2) is 48.5 Å². The summed E-state index contributed by atoms with van der Waals surface area (Å²) in [5.41, 5.74) is 1.34. The number of benzene rings is 2. The minimum absolute atomic E-state index is 0.327. The van der Waals surface area contributed by atoms with E-state index in [1.165, 1.54) is 24.3 Å².